The molecular formula is C24H39B2ClN2O12. The van der Waals surface area contributed by atoms with E-state index in [2.05, 4.69) is 23.5 Å². The molecule has 17 heteroatoms. The van der Waals surface area contributed by atoms with Crippen LogP contribution in [0.4, 0.5) is 0 Å². The molecule has 230 valence electrons. The van der Waals surface area contributed by atoms with Crippen LogP contribution >= 0.6 is 11.6 Å². The Kier molecular flexibility index (Phi) is 27.6. The monoisotopic (exact) mass is 604 g/mol. The minimum absolute atomic E-state index is 0.0662. The number of carbonyl (C=O) groups is 5. The van der Waals surface area contributed by atoms with E-state index in [1.54, 1.807) is 41.5 Å². The molecule has 0 unspecified atom stereocenters. The summed E-state index contributed by atoms with van der Waals surface area (Å²) >= 11 is 5.11. The summed E-state index contributed by atoms with van der Waals surface area (Å²) < 4.78 is 22.8. The standard InChI is InChI=1S/C12H19BNO6.C6H11BNO3.C5H9ClO.CO2/c1-12(2,3)11(17)20-9(15)6-5-8(10(16)18-4)13-19-7-14;1-3-5(6(9)10-2)7-11-4-8;1-5(2,3)4(6)7;2-1-3/h7-8,14H,5-6H2,1-4H3;4-5,8H,3H2,1-2H3;1-3H3;/t8-;5-;;/m00../s1. The highest BCUT2D eigenvalue weighted by Crippen LogP contribution is 2.18. The molecule has 0 heterocycles. The number of hydrogen-bond acceptors (Lipinski definition) is 14. The van der Waals surface area contributed by atoms with E-state index in [4.69, 9.17) is 32.0 Å². The molecule has 0 rings (SSSR count). The Hall–Kier alpha value is -3.51. The summed E-state index contributed by atoms with van der Waals surface area (Å²) in [6, 6.07) is 0. The third-order valence-corrected chi connectivity index (χ3v) is 4.70. The number of rotatable bonds is 12. The van der Waals surface area contributed by atoms with Gasteiger partial charge in [0.05, 0.1) is 31.3 Å². The van der Waals surface area contributed by atoms with Gasteiger partial charge < -0.3 is 23.5 Å². The molecular weight excluding hydrogens is 565 g/mol. The number of methoxy groups -OCH3 is 2. The number of hydrogen-bond donors (Lipinski definition) is 2. The largest absolute Gasteiger partial charge is 0.555 e. The molecule has 0 aliphatic rings. The van der Waals surface area contributed by atoms with Gasteiger partial charge in [-0.25, -0.2) is 0 Å². The van der Waals surface area contributed by atoms with E-state index in [-0.39, 0.29) is 41.4 Å². The summed E-state index contributed by atoms with van der Waals surface area (Å²) in [7, 11) is 4.91. The third-order valence-electron chi connectivity index (χ3n) is 4.14. The smallest absolute Gasteiger partial charge is 0.386 e. The van der Waals surface area contributed by atoms with Crippen LogP contribution in [0.1, 0.15) is 67.7 Å². The van der Waals surface area contributed by atoms with Crippen LogP contribution in [0.2, 0.25) is 11.6 Å². The van der Waals surface area contributed by atoms with Crippen molar-refractivity contribution in [2.45, 2.75) is 79.4 Å². The molecule has 2 N–H and O–H groups in total. The Morgan fingerprint density at radius 3 is 1.49 bits per heavy atom. The summed E-state index contributed by atoms with van der Waals surface area (Å²) in [5.41, 5.74) is -1.14. The first-order valence-electron chi connectivity index (χ1n) is 11.9. The van der Waals surface area contributed by atoms with Crippen molar-refractivity contribution in [1.82, 2.24) is 0 Å². The van der Waals surface area contributed by atoms with Gasteiger partial charge in [-0.05, 0) is 45.2 Å². The van der Waals surface area contributed by atoms with Gasteiger partial charge in [-0.1, -0.05) is 27.7 Å². The summed E-state index contributed by atoms with van der Waals surface area (Å²) in [6.07, 6.45) is 2.21. The van der Waals surface area contributed by atoms with Gasteiger partial charge in [-0.15, -0.1) is 0 Å². The van der Waals surface area contributed by atoms with Crippen LogP contribution in [0, 0.1) is 21.6 Å². The second kappa shape index (κ2) is 25.5. The average Bonchev–Trinajstić information content (AvgIpc) is 2.88. The van der Waals surface area contributed by atoms with E-state index in [0.717, 1.165) is 13.9 Å². The van der Waals surface area contributed by atoms with Gasteiger partial charge in [0.2, 0.25) is 5.24 Å². The van der Waals surface area contributed by atoms with Gasteiger partial charge in [0.25, 0.3) is 0 Å². The van der Waals surface area contributed by atoms with Gasteiger partial charge in [0.1, 0.15) is 12.8 Å². The van der Waals surface area contributed by atoms with Crippen LogP contribution in [-0.2, 0) is 57.1 Å². The van der Waals surface area contributed by atoms with E-state index in [9.17, 15) is 24.0 Å². The Morgan fingerprint density at radius 1 is 0.829 bits per heavy atom. The molecule has 0 aromatic heterocycles. The van der Waals surface area contributed by atoms with Crippen molar-refractivity contribution in [2.24, 2.45) is 10.8 Å². The molecule has 0 fully saturated rings. The molecule has 0 saturated heterocycles. The molecule has 0 saturated carbocycles. The molecule has 0 amide bonds. The molecule has 0 aliphatic carbocycles. The predicted molar refractivity (Wildman–Crippen MR) is 148 cm³/mol. The van der Waals surface area contributed by atoms with Gasteiger partial charge in [0, 0.05) is 11.8 Å². The van der Waals surface area contributed by atoms with Gasteiger partial charge in [-0.2, -0.15) is 9.59 Å². The van der Waals surface area contributed by atoms with E-state index in [1.165, 1.54) is 21.7 Å². The van der Waals surface area contributed by atoms with Crippen molar-refractivity contribution in [1.29, 1.82) is 10.8 Å². The molecule has 0 bridgehead atoms. The van der Waals surface area contributed by atoms with Crippen molar-refractivity contribution < 1.29 is 57.1 Å². The van der Waals surface area contributed by atoms with E-state index < -0.39 is 29.1 Å². The van der Waals surface area contributed by atoms with Crippen molar-refractivity contribution >= 4 is 74.6 Å². The predicted octanol–water partition coefficient (Wildman–Crippen LogP) is 2.90. The molecule has 0 spiro atoms. The second-order valence-electron chi connectivity index (χ2n) is 9.60. The summed E-state index contributed by atoms with van der Waals surface area (Å²) in [5, 5.41) is 13.0. The lowest BCUT2D eigenvalue weighted by Crippen LogP contribution is -2.26. The zero-order valence-electron chi connectivity index (χ0n) is 24.9. The highest BCUT2D eigenvalue weighted by molar-refractivity contribution is 6.64. The maximum atomic E-state index is 11.5. The summed E-state index contributed by atoms with van der Waals surface area (Å²) in [5.74, 6) is -3.46. The third kappa shape index (κ3) is 27.8. The Bertz CT molecular complexity index is 868. The highest BCUT2D eigenvalue weighted by atomic mass is 35.5. The Labute approximate surface area is 247 Å². The van der Waals surface area contributed by atoms with Crippen molar-refractivity contribution in [3.63, 3.8) is 0 Å². The van der Waals surface area contributed by atoms with Crippen LogP contribution in [0.3, 0.4) is 0 Å². The van der Waals surface area contributed by atoms with Crippen molar-refractivity contribution in [3.05, 3.63) is 0 Å². The number of halogens is 1. The molecule has 2 radical (unpaired) electrons. The number of ether oxygens (including phenoxy) is 3. The fraction of sp³-hybridized carbons (Fsp3) is 0.667. The van der Waals surface area contributed by atoms with E-state index in [1.807, 2.05) is 6.92 Å². The first-order chi connectivity index (χ1) is 18.8. The molecule has 0 aromatic carbocycles. The summed E-state index contributed by atoms with van der Waals surface area (Å²) in [4.78, 5) is 71.7. The van der Waals surface area contributed by atoms with Crippen LogP contribution in [0.15, 0.2) is 0 Å². The normalized spacial score (nSPS) is 11.1. The lowest BCUT2D eigenvalue weighted by molar-refractivity contribution is -0.192. The van der Waals surface area contributed by atoms with E-state index in [0.29, 0.717) is 12.8 Å². The van der Waals surface area contributed by atoms with Gasteiger partial charge in [0.15, 0.2) is 0 Å². The number of nitrogens with one attached hydrogen (secondary N) is 2. The Balaban J connectivity index is -0.000000271. The number of esters is 4. The second-order valence-corrected chi connectivity index (χ2v) is 9.95. The zero-order chi connectivity index (χ0) is 33.2. The lowest BCUT2D eigenvalue weighted by atomic mass is 9.77. The fourth-order valence-electron chi connectivity index (χ4n) is 1.71. The van der Waals surface area contributed by atoms with Crippen LogP contribution in [-0.4, -0.2) is 77.3 Å². The molecule has 0 aliphatic heterocycles. The average molecular weight is 605 g/mol. The zero-order valence-corrected chi connectivity index (χ0v) is 25.6. The number of carbonyl (C=O) groups excluding carboxylic acids is 7. The van der Waals surface area contributed by atoms with Gasteiger partial charge in [-0.3, -0.25) is 34.8 Å². The molecule has 14 nitrogen and oxygen atoms in total. The van der Waals surface area contributed by atoms with Crippen LogP contribution in [0.25, 0.3) is 0 Å². The van der Waals surface area contributed by atoms with Crippen molar-refractivity contribution in [2.75, 3.05) is 14.2 Å². The van der Waals surface area contributed by atoms with Crippen LogP contribution in [0.5, 0.6) is 0 Å². The SMILES string of the molecule is CC(C)(C)C(=O)Cl.CC[C@H]([B]OC=N)C(=O)OC.COC(=O)[C@@H]([B]OC=N)CCC(=O)OC(=O)C(C)(C)C.O=C=O. The minimum atomic E-state index is -0.807. The highest BCUT2D eigenvalue weighted by Gasteiger charge is 2.28. The Morgan fingerprint density at radius 2 is 1.20 bits per heavy atom. The first-order valence-corrected chi connectivity index (χ1v) is 12.3. The lowest BCUT2D eigenvalue weighted by Gasteiger charge is -2.16. The topological polar surface area (TPSA) is 213 Å². The molecule has 2 atom stereocenters. The van der Waals surface area contributed by atoms with Crippen molar-refractivity contribution in [3.8, 4) is 0 Å². The quantitative estimate of drug-likeness (QED) is 0.0626. The minimum Gasteiger partial charge on any atom is -0.555 e. The van der Waals surface area contributed by atoms with E-state index >= 15 is 0 Å². The first kappa shape index (κ1) is 44.5. The summed E-state index contributed by atoms with van der Waals surface area (Å²) in [6.45, 7) is 12.1. The maximum Gasteiger partial charge on any atom is 0.386 e. The molecule has 41 heavy (non-hydrogen) atoms. The fourth-order valence-corrected chi connectivity index (χ4v) is 1.71. The van der Waals surface area contributed by atoms with Gasteiger partial charge >= 0.3 is 45.0 Å². The molecule has 0 aromatic rings. The maximum absolute atomic E-state index is 11.5. The van der Waals surface area contributed by atoms with Crippen LogP contribution < -0.4 is 0 Å².